The fourth-order valence-corrected chi connectivity index (χ4v) is 2.43. The van der Waals surface area contributed by atoms with Crippen molar-refractivity contribution < 1.29 is 63.0 Å². The third-order valence-corrected chi connectivity index (χ3v) is 3.22. The Morgan fingerprint density at radius 1 is 1.50 bits per heavy atom. The molecule has 0 bridgehead atoms. The minimum atomic E-state index is 0. The molecule has 0 unspecified atom stereocenters. The van der Waals surface area contributed by atoms with Gasteiger partial charge in [-0.2, -0.15) is 6.42 Å². The first-order valence-electron chi connectivity index (χ1n) is 3.71. The first-order chi connectivity index (χ1) is 5.29. The van der Waals surface area contributed by atoms with E-state index in [1.54, 1.807) is 11.3 Å². The SMILES string of the molecule is Cc1csc2c1C[CH-]CC2=O.[Rb+]. The number of Topliss-reactive ketones (excluding diaryl/α,β-unsaturated/α-hetero) is 1. The zero-order chi connectivity index (χ0) is 7.84. The summed E-state index contributed by atoms with van der Waals surface area (Å²) in [5.41, 5.74) is 2.53. The molecule has 0 aliphatic heterocycles. The van der Waals surface area contributed by atoms with Crippen molar-refractivity contribution in [2.24, 2.45) is 0 Å². The van der Waals surface area contributed by atoms with E-state index in [2.05, 4.69) is 18.7 Å². The van der Waals surface area contributed by atoms with Crippen molar-refractivity contribution in [1.29, 1.82) is 0 Å². The predicted octanol–water partition coefficient (Wildman–Crippen LogP) is -0.606. The van der Waals surface area contributed by atoms with Gasteiger partial charge in [-0.25, -0.2) is 0 Å². The summed E-state index contributed by atoms with van der Waals surface area (Å²) < 4.78 is 0. The molecule has 1 aliphatic carbocycles. The van der Waals surface area contributed by atoms with Crippen LogP contribution in [-0.4, -0.2) is 5.78 Å². The quantitative estimate of drug-likeness (QED) is 0.562. The molecule has 58 valence electrons. The number of hydrogen-bond acceptors (Lipinski definition) is 2. The van der Waals surface area contributed by atoms with E-state index in [0.29, 0.717) is 12.2 Å². The second-order valence-corrected chi connectivity index (χ2v) is 3.73. The molecule has 1 nitrogen and oxygen atoms in total. The molecule has 0 aromatic carbocycles. The third kappa shape index (κ3) is 1.98. The predicted molar refractivity (Wildman–Crippen MR) is 46.0 cm³/mol. The van der Waals surface area contributed by atoms with Crippen LogP contribution in [0.3, 0.4) is 0 Å². The Morgan fingerprint density at radius 2 is 2.25 bits per heavy atom. The zero-order valence-electron chi connectivity index (χ0n) is 7.39. The van der Waals surface area contributed by atoms with Crippen LogP contribution in [0, 0.1) is 13.3 Å². The Balaban J connectivity index is 0.000000720. The molecule has 2 rings (SSSR count). The second kappa shape index (κ2) is 4.60. The Hall–Kier alpha value is 1.18. The number of rotatable bonds is 0. The molecule has 0 fully saturated rings. The molecule has 1 aliphatic rings. The summed E-state index contributed by atoms with van der Waals surface area (Å²) >= 11 is 1.59. The van der Waals surface area contributed by atoms with Crippen LogP contribution in [0.1, 0.15) is 27.2 Å². The monoisotopic (exact) mass is 250 g/mol. The van der Waals surface area contributed by atoms with E-state index < -0.39 is 0 Å². The summed E-state index contributed by atoms with van der Waals surface area (Å²) in [5.74, 6) is 0.296. The Labute approximate surface area is 125 Å². The molecular weight excluding hydrogens is 242 g/mol. The van der Waals surface area contributed by atoms with Crippen LogP contribution in [0.15, 0.2) is 5.38 Å². The molecule has 0 atom stereocenters. The average molecular weight is 251 g/mol. The van der Waals surface area contributed by atoms with E-state index in [-0.39, 0.29) is 58.2 Å². The largest absolute Gasteiger partial charge is 1.00 e. The smallest absolute Gasteiger partial charge is 0.317 e. The van der Waals surface area contributed by atoms with Gasteiger partial charge in [0.15, 0.2) is 0 Å². The average Bonchev–Trinajstić information content (AvgIpc) is 2.35. The molecule has 12 heavy (non-hydrogen) atoms. The van der Waals surface area contributed by atoms with Gasteiger partial charge in [0.2, 0.25) is 0 Å². The van der Waals surface area contributed by atoms with Crippen molar-refractivity contribution in [1.82, 2.24) is 0 Å². The number of aryl methyl sites for hydroxylation is 1. The molecule has 1 heterocycles. The fourth-order valence-electron chi connectivity index (χ4n) is 1.40. The molecule has 0 N–H and O–H groups in total. The van der Waals surface area contributed by atoms with E-state index in [1.165, 1.54) is 11.1 Å². The first-order valence-corrected chi connectivity index (χ1v) is 4.59. The molecule has 3 heteroatoms. The van der Waals surface area contributed by atoms with Crippen LogP contribution < -0.4 is 58.2 Å². The number of carbonyl (C=O) groups excluding carboxylic acids is 1. The summed E-state index contributed by atoms with van der Waals surface area (Å²) in [6.45, 7) is 2.07. The molecular formula is C9H9ORbS. The van der Waals surface area contributed by atoms with Crippen LogP contribution >= 0.6 is 11.3 Å². The van der Waals surface area contributed by atoms with Gasteiger partial charge in [0.05, 0.1) is 4.88 Å². The van der Waals surface area contributed by atoms with Crippen molar-refractivity contribution >= 4 is 17.1 Å². The number of fused-ring (bicyclic) bond motifs is 1. The van der Waals surface area contributed by atoms with Gasteiger partial charge in [0, 0.05) is 0 Å². The zero-order valence-corrected chi connectivity index (χ0v) is 13.1. The van der Waals surface area contributed by atoms with Crippen molar-refractivity contribution in [3.63, 3.8) is 0 Å². The van der Waals surface area contributed by atoms with Crippen LogP contribution in [0.4, 0.5) is 0 Å². The van der Waals surface area contributed by atoms with Crippen molar-refractivity contribution in [2.75, 3.05) is 0 Å². The van der Waals surface area contributed by atoms with Gasteiger partial charge in [0.25, 0.3) is 0 Å². The van der Waals surface area contributed by atoms with E-state index >= 15 is 0 Å². The fraction of sp³-hybridized carbons (Fsp3) is 0.333. The summed E-state index contributed by atoms with van der Waals surface area (Å²) in [6.07, 6.45) is 3.67. The summed E-state index contributed by atoms with van der Waals surface area (Å²) in [6, 6.07) is 0. The Bertz CT molecular complexity index is 303. The van der Waals surface area contributed by atoms with Crippen molar-refractivity contribution in [2.45, 2.75) is 19.8 Å². The maximum absolute atomic E-state index is 11.3. The first kappa shape index (κ1) is 11.3. The van der Waals surface area contributed by atoms with E-state index in [0.717, 1.165) is 11.3 Å². The summed E-state index contributed by atoms with van der Waals surface area (Å²) in [4.78, 5) is 12.3. The van der Waals surface area contributed by atoms with Crippen LogP contribution in [0.5, 0.6) is 0 Å². The van der Waals surface area contributed by atoms with Crippen molar-refractivity contribution in [3.8, 4) is 0 Å². The molecule has 0 saturated carbocycles. The van der Waals surface area contributed by atoms with Gasteiger partial charge in [-0.15, -0.1) is 17.8 Å². The molecule has 1 aromatic rings. The summed E-state index contributed by atoms with van der Waals surface area (Å²) in [5, 5.41) is 2.07. The minimum Gasteiger partial charge on any atom is -0.317 e. The van der Waals surface area contributed by atoms with Crippen LogP contribution in [0.2, 0.25) is 0 Å². The number of ketones is 1. The van der Waals surface area contributed by atoms with Gasteiger partial charge in [-0.1, -0.05) is 5.56 Å². The van der Waals surface area contributed by atoms with Crippen LogP contribution in [-0.2, 0) is 6.42 Å². The Morgan fingerprint density at radius 3 is 2.92 bits per heavy atom. The molecule has 0 radical (unpaired) electrons. The van der Waals surface area contributed by atoms with E-state index in [1.807, 2.05) is 0 Å². The van der Waals surface area contributed by atoms with Crippen molar-refractivity contribution in [3.05, 3.63) is 27.8 Å². The third-order valence-electron chi connectivity index (χ3n) is 2.04. The normalized spacial score (nSPS) is 15.2. The van der Waals surface area contributed by atoms with Gasteiger partial charge < -0.3 is 6.42 Å². The van der Waals surface area contributed by atoms with Gasteiger partial charge in [-0.05, 0) is 17.9 Å². The van der Waals surface area contributed by atoms with Gasteiger partial charge in [0.1, 0.15) is 5.78 Å². The topological polar surface area (TPSA) is 17.1 Å². The van der Waals surface area contributed by atoms with E-state index in [9.17, 15) is 4.79 Å². The van der Waals surface area contributed by atoms with Gasteiger partial charge >= 0.3 is 58.2 Å². The molecule has 0 amide bonds. The second-order valence-electron chi connectivity index (χ2n) is 2.85. The van der Waals surface area contributed by atoms with Crippen LogP contribution in [0.25, 0.3) is 0 Å². The Kier molecular flexibility index (Phi) is 4.32. The summed E-state index contributed by atoms with van der Waals surface area (Å²) in [7, 11) is 0. The number of thiophene rings is 1. The standard InChI is InChI=1S/C9H9OS.Rb/c1-6-5-11-9-7(6)3-2-4-8(9)10;/h2,5H,3-4H2,1H3;/q-1;+1. The minimum absolute atomic E-state index is 0. The van der Waals surface area contributed by atoms with Gasteiger partial charge in [-0.3, -0.25) is 4.79 Å². The number of hydrogen-bond donors (Lipinski definition) is 0. The molecule has 0 spiro atoms. The molecule has 1 aromatic heterocycles. The molecule has 0 saturated heterocycles. The van der Waals surface area contributed by atoms with E-state index in [4.69, 9.17) is 0 Å². The number of carbonyl (C=O) groups is 1. The maximum atomic E-state index is 11.3. The maximum Gasteiger partial charge on any atom is 1.00 e.